The third-order valence-electron chi connectivity index (χ3n) is 2.94. The predicted molar refractivity (Wildman–Crippen MR) is 77.9 cm³/mol. The fourth-order valence-corrected chi connectivity index (χ4v) is 2.04. The van der Waals surface area contributed by atoms with Gasteiger partial charge < -0.3 is 0 Å². The molecule has 2 heterocycles. The lowest BCUT2D eigenvalue weighted by atomic mass is 10.1. The Labute approximate surface area is 110 Å². The Morgan fingerprint density at radius 3 is 2.28 bits per heavy atom. The van der Waals surface area contributed by atoms with Gasteiger partial charge in [-0.05, 0) is 25.3 Å². The summed E-state index contributed by atoms with van der Waals surface area (Å²) in [7, 11) is 2.00. The molecule has 0 atom stereocenters. The summed E-state index contributed by atoms with van der Waals surface area (Å²) >= 11 is 0. The van der Waals surface area contributed by atoms with Crippen molar-refractivity contribution in [1.29, 1.82) is 0 Å². The number of aromatic nitrogens is 3. The molecule has 0 saturated heterocycles. The molecule has 0 amide bonds. The van der Waals surface area contributed by atoms with Gasteiger partial charge in [-0.15, -0.1) is 0 Å². The number of fused-ring (bicyclic) bond motifs is 1. The molecule has 1 fully saturated rings. The first kappa shape index (κ1) is 14.7. The third kappa shape index (κ3) is 2.71. The topological polar surface area (TPSA) is 30.7 Å². The highest BCUT2D eigenvalue weighted by Gasteiger charge is 2.29. The molecule has 0 bridgehead atoms. The molecular formula is C15H25N3. The molecule has 3 heteroatoms. The van der Waals surface area contributed by atoms with E-state index in [4.69, 9.17) is 0 Å². The average molecular weight is 247 g/mol. The molecule has 2 aromatic heterocycles. The van der Waals surface area contributed by atoms with Gasteiger partial charge in [0.1, 0.15) is 0 Å². The molecule has 3 nitrogen and oxygen atoms in total. The minimum atomic E-state index is 0.708. The highest BCUT2D eigenvalue weighted by Crippen LogP contribution is 2.42. The quantitative estimate of drug-likeness (QED) is 0.756. The average Bonchev–Trinajstić information content (AvgIpc) is 3.20. The Hall–Kier alpha value is -1.38. The van der Waals surface area contributed by atoms with Crippen LogP contribution in [0.4, 0.5) is 0 Å². The number of rotatable bonds is 1. The molecule has 0 unspecified atom stereocenters. The number of nitrogens with zero attached hydrogens (tertiary/aromatic N) is 3. The van der Waals surface area contributed by atoms with Gasteiger partial charge in [0.05, 0.1) is 17.4 Å². The maximum absolute atomic E-state index is 4.59. The highest BCUT2D eigenvalue weighted by molar-refractivity contribution is 5.85. The van der Waals surface area contributed by atoms with Gasteiger partial charge in [-0.1, -0.05) is 27.7 Å². The lowest BCUT2D eigenvalue weighted by molar-refractivity contribution is 0.766. The number of hydrogen-bond acceptors (Lipinski definition) is 2. The van der Waals surface area contributed by atoms with Gasteiger partial charge in [0.2, 0.25) is 0 Å². The van der Waals surface area contributed by atoms with Crippen LogP contribution in [0.15, 0.2) is 12.4 Å². The largest absolute Gasteiger partial charge is 0.266 e. The van der Waals surface area contributed by atoms with Crippen LogP contribution in [0.1, 0.15) is 57.7 Å². The van der Waals surface area contributed by atoms with Crippen molar-refractivity contribution >= 4 is 10.9 Å². The summed E-state index contributed by atoms with van der Waals surface area (Å²) in [6.45, 7) is 10.1. The monoisotopic (exact) mass is 247 g/mol. The Morgan fingerprint density at radius 1 is 1.11 bits per heavy atom. The van der Waals surface area contributed by atoms with E-state index in [0.717, 1.165) is 5.52 Å². The van der Waals surface area contributed by atoms with Crippen molar-refractivity contribution in [2.24, 2.45) is 7.05 Å². The summed E-state index contributed by atoms with van der Waals surface area (Å²) in [4.78, 5) is 4.21. The number of aryl methyl sites for hydroxylation is 2. The summed E-state index contributed by atoms with van der Waals surface area (Å²) < 4.78 is 1.95. The summed E-state index contributed by atoms with van der Waals surface area (Å²) in [5.41, 5.74) is 3.69. The van der Waals surface area contributed by atoms with Crippen molar-refractivity contribution in [2.45, 2.75) is 53.4 Å². The molecule has 3 rings (SSSR count). The van der Waals surface area contributed by atoms with Crippen LogP contribution in [0.5, 0.6) is 0 Å². The van der Waals surface area contributed by atoms with Crippen LogP contribution in [0.3, 0.4) is 0 Å². The molecule has 1 aliphatic carbocycles. The van der Waals surface area contributed by atoms with E-state index >= 15 is 0 Å². The number of hydrogen-bond donors (Lipinski definition) is 0. The van der Waals surface area contributed by atoms with Crippen molar-refractivity contribution in [3.63, 3.8) is 0 Å². The SMILES string of the molecule is CC.CC.Cc1cncc2c1c(C1CC1)nn2C. The molecule has 2 aromatic rings. The minimum Gasteiger partial charge on any atom is -0.266 e. The predicted octanol–water partition coefficient (Wildman–Crippen LogP) is 4.21. The third-order valence-corrected chi connectivity index (χ3v) is 2.94. The first-order chi connectivity index (χ1) is 8.77. The number of pyridine rings is 1. The van der Waals surface area contributed by atoms with Crippen LogP contribution in [-0.4, -0.2) is 14.8 Å². The summed E-state index contributed by atoms with van der Waals surface area (Å²) in [6, 6.07) is 0. The fraction of sp³-hybridized carbons (Fsp3) is 0.600. The zero-order valence-electron chi connectivity index (χ0n) is 12.5. The van der Waals surface area contributed by atoms with E-state index < -0.39 is 0 Å². The molecule has 0 radical (unpaired) electrons. The molecule has 0 N–H and O–H groups in total. The zero-order chi connectivity index (χ0) is 13.7. The first-order valence-electron chi connectivity index (χ1n) is 7.04. The minimum absolute atomic E-state index is 0.708. The van der Waals surface area contributed by atoms with Crippen LogP contribution in [-0.2, 0) is 7.05 Å². The normalized spacial score (nSPS) is 13.4. The lowest BCUT2D eigenvalue weighted by Crippen LogP contribution is -1.90. The van der Waals surface area contributed by atoms with Crippen molar-refractivity contribution in [2.75, 3.05) is 0 Å². The summed E-state index contributed by atoms with van der Waals surface area (Å²) in [5, 5.41) is 5.91. The van der Waals surface area contributed by atoms with E-state index in [1.54, 1.807) is 0 Å². The highest BCUT2D eigenvalue weighted by atomic mass is 15.3. The standard InChI is InChI=1S/C11H13N3.2C2H6/c1-7-5-12-6-9-10(7)11(8-3-4-8)13-14(9)2;2*1-2/h5-6,8H,3-4H2,1-2H3;2*1-2H3. The summed E-state index contributed by atoms with van der Waals surface area (Å²) in [5.74, 6) is 0.708. The van der Waals surface area contributed by atoms with Gasteiger partial charge in [-0.2, -0.15) is 5.10 Å². The second-order valence-electron chi connectivity index (χ2n) is 4.13. The Morgan fingerprint density at radius 2 is 1.72 bits per heavy atom. The van der Waals surface area contributed by atoms with Gasteiger partial charge in [0.25, 0.3) is 0 Å². The maximum Gasteiger partial charge on any atom is 0.0867 e. The van der Waals surface area contributed by atoms with Crippen LogP contribution in [0.25, 0.3) is 10.9 Å². The van der Waals surface area contributed by atoms with Gasteiger partial charge in [-0.3, -0.25) is 9.67 Å². The van der Waals surface area contributed by atoms with Gasteiger partial charge in [-0.25, -0.2) is 0 Å². The molecule has 0 spiro atoms. The van der Waals surface area contributed by atoms with E-state index in [-0.39, 0.29) is 0 Å². The van der Waals surface area contributed by atoms with E-state index in [9.17, 15) is 0 Å². The molecule has 1 saturated carbocycles. The zero-order valence-corrected chi connectivity index (χ0v) is 12.5. The van der Waals surface area contributed by atoms with Crippen molar-refractivity contribution in [1.82, 2.24) is 14.8 Å². The molecular weight excluding hydrogens is 222 g/mol. The molecule has 0 aromatic carbocycles. The lowest BCUT2D eigenvalue weighted by Gasteiger charge is -1.96. The molecule has 1 aliphatic rings. The van der Waals surface area contributed by atoms with Crippen LogP contribution in [0, 0.1) is 6.92 Å². The second kappa shape index (κ2) is 6.53. The van der Waals surface area contributed by atoms with Gasteiger partial charge >= 0.3 is 0 Å². The van der Waals surface area contributed by atoms with Crippen molar-refractivity contribution in [3.8, 4) is 0 Å². The molecule has 100 valence electrons. The molecule has 18 heavy (non-hydrogen) atoms. The Kier molecular flexibility index (Phi) is 5.32. The smallest absolute Gasteiger partial charge is 0.0867 e. The van der Waals surface area contributed by atoms with E-state index in [1.165, 1.54) is 29.5 Å². The molecule has 0 aliphatic heterocycles. The van der Waals surface area contributed by atoms with Crippen LogP contribution in [0.2, 0.25) is 0 Å². The van der Waals surface area contributed by atoms with Gasteiger partial charge in [0.15, 0.2) is 0 Å². The van der Waals surface area contributed by atoms with Crippen molar-refractivity contribution < 1.29 is 0 Å². The van der Waals surface area contributed by atoms with E-state index in [2.05, 4.69) is 17.0 Å². The second-order valence-corrected chi connectivity index (χ2v) is 4.13. The van der Waals surface area contributed by atoms with Crippen LogP contribution < -0.4 is 0 Å². The van der Waals surface area contributed by atoms with E-state index in [0.29, 0.717) is 5.92 Å². The fourth-order valence-electron chi connectivity index (χ4n) is 2.04. The van der Waals surface area contributed by atoms with Crippen LogP contribution >= 0.6 is 0 Å². The summed E-state index contributed by atoms with van der Waals surface area (Å²) in [6.07, 6.45) is 6.43. The Balaban J connectivity index is 0.000000371. The van der Waals surface area contributed by atoms with Crippen molar-refractivity contribution in [3.05, 3.63) is 23.7 Å². The van der Waals surface area contributed by atoms with E-state index in [1.807, 2.05) is 51.8 Å². The maximum atomic E-state index is 4.59. The van der Waals surface area contributed by atoms with Gasteiger partial charge in [0, 0.05) is 24.5 Å². The first-order valence-corrected chi connectivity index (χ1v) is 7.04. The Bertz CT molecular complexity index is 496.